The third kappa shape index (κ3) is 4.43. The van der Waals surface area contributed by atoms with E-state index >= 15 is 0 Å². The summed E-state index contributed by atoms with van der Waals surface area (Å²) in [4.78, 5) is 12.6. The number of carbonyl (C=O) groups excluding carboxylic acids is 1. The molecule has 1 aliphatic rings. The monoisotopic (exact) mass is 427 g/mol. The van der Waals surface area contributed by atoms with E-state index in [0.29, 0.717) is 11.4 Å². The first-order valence-corrected chi connectivity index (χ1v) is 12.1. The average Bonchev–Trinajstić information content (AvgIpc) is 3.07. The van der Waals surface area contributed by atoms with Gasteiger partial charge in [0, 0.05) is 22.4 Å². The highest BCUT2D eigenvalue weighted by Crippen LogP contribution is 2.33. The van der Waals surface area contributed by atoms with Gasteiger partial charge >= 0.3 is 0 Å². The van der Waals surface area contributed by atoms with Crippen molar-refractivity contribution in [2.75, 3.05) is 11.5 Å². The maximum Gasteiger partial charge on any atom is 0.233 e. The fraction of sp³-hybridized carbons (Fsp3) is 0.286. The molecule has 0 bridgehead atoms. The van der Waals surface area contributed by atoms with Crippen LogP contribution in [0.1, 0.15) is 13.3 Å². The van der Waals surface area contributed by atoms with Crippen LogP contribution in [0, 0.1) is 0 Å². The minimum absolute atomic E-state index is 0.0185. The minimum Gasteiger partial charge on any atom is -0.351 e. The van der Waals surface area contributed by atoms with Crippen LogP contribution in [0.25, 0.3) is 22.0 Å². The first-order valence-electron chi connectivity index (χ1n) is 9.41. The third-order valence-electron chi connectivity index (χ3n) is 4.94. The number of rotatable bonds is 5. The molecule has 1 fully saturated rings. The van der Waals surface area contributed by atoms with Crippen molar-refractivity contribution in [3.63, 3.8) is 0 Å². The third-order valence-corrected chi connectivity index (χ3v) is 7.80. The summed E-state index contributed by atoms with van der Waals surface area (Å²) < 4.78 is 23.2. The SMILES string of the molecule is C[C@H](Sc1nnc(-c2ccccc2)c2ccccc12)C(=O)N[C@@H]1CCS(=O)(=O)C1. The maximum atomic E-state index is 12.6. The zero-order valence-corrected chi connectivity index (χ0v) is 17.5. The summed E-state index contributed by atoms with van der Waals surface area (Å²) in [6, 6.07) is 17.5. The molecule has 2 atom stereocenters. The molecule has 0 radical (unpaired) electrons. The lowest BCUT2D eigenvalue weighted by atomic mass is 10.1. The Morgan fingerprint density at radius 2 is 1.76 bits per heavy atom. The normalized spacial score (nSPS) is 19.1. The molecule has 1 aliphatic heterocycles. The predicted octanol–water partition coefficient (Wildman–Crippen LogP) is 3.08. The van der Waals surface area contributed by atoms with Crippen molar-refractivity contribution in [1.29, 1.82) is 0 Å². The van der Waals surface area contributed by atoms with Gasteiger partial charge in [0.1, 0.15) is 10.7 Å². The van der Waals surface area contributed by atoms with Crippen LogP contribution in [0.2, 0.25) is 0 Å². The number of fused-ring (bicyclic) bond motifs is 1. The Balaban J connectivity index is 1.56. The van der Waals surface area contributed by atoms with E-state index in [1.54, 1.807) is 6.92 Å². The Labute approximate surface area is 174 Å². The van der Waals surface area contributed by atoms with Gasteiger partial charge < -0.3 is 5.32 Å². The molecule has 1 aromatic heterocycles. The molecule has 0 unspecified atom stereocenters. The number of nitrogens with zero attached hydrogens (tertiary/aromatic N) is 2. The van der Waals surface area contributed by atoms with E-state index in [0.717, 1.165) is 22.0 Å². The molecule has 2 heterocycles. The minimum atomic E-state index is -3.03. The number of aromatic nitrogens is 2. The van der Waals surface area contributed by atoms with Crippen LogP contribution in [-0.2, 0) is 14.6 Å². The van der Waals surface area contributed by atoms with Crippen molar-refractivity contribution >= 4 is 38.3 Å². The van der Waals surface area contributed by atoms with Gasteiger partial charge in [-0.1, -0.05) is 66.4 Å². The van der Waals surface area contributed by atoms with Gasteiger partial charge in [0.2, 0.25) is 5.91 Å². The lowest BCUT2D eigenvalue weighted by molar-refractivity contribution is -0.120. The smallest absolute Gasteiger partial charge is 0.233 e. The Bertz CT molecular complexity index is 1150. The molecular formula is C21H21N3O3S2. The number of thioether (sulfide) groups is 1. The van der Waals surface area contributed by atoms with Gasteiger partial charge in [-0.25, -0.2) is 8.42 Å². The second-order valence-corrected chi connectivity index (χ2v) is 10.7. The molecule has 1 N–H and O–H groups in total. The fourth-order valence-electron chi connectivity index (χ4n) is 3.42. The second-order valence-electron chi connectivity index (χ2n) is 7.13. The molecule has 2 aromatic carbocycles. The van der Waals surface area contributed by atoms with E-state index in [1.165, 1.54) is 11.8 Å². The fourth-order valence-corrected chi connectivity index (χ4v) is 6.00. The Hall–Kier alpha value is -2.45. The van der Waals surface area contributed by atoms with E-state index in [9.17, 15) is 13.2 Å². The van der Waals surface area contributed by atoms with E-state index in [2.05, 4.69) is 15.5 Å². The van der Waals surface area contributed by atoms with Gasteiger partial charge in [-0.3, -0.25) is 4.79 Å². The largest absolute Gasteiger partial charge is 0.351 e. The highest BCUT2D eigenvalue weighted by Gasteiger charge is 2.30. The number of hydrogen-bond donors (Lipinski definition) is 1. The van der Waals surface area contributed by atoms with Crippen LogP contribution in [-0.4, -0.2) is 47.3 Å². The second kappa shape index (κ2) is 8.12. The number of sulfone groups is 1. The van der Waals surface area contributed by atoms with Gasteiger partial charge in [0.25, 0.3) is 0 Å². The van der Waals surface area contributed by atoms with Gasteiger partial charge in [0.05, 0.1) is 16.8 Å². The lowest BCUT2D eigenvalue weighted by Gasteiger charge is -2.16. The van der Waals surface area contributed by atoms with Crippen LogP contribution >= 0.6 is 11.8 Å². The highest BCUT2D eigenvalue weighted by molar-refractivity contribution is 8.00. The van der Waals surface area contributed by atoms with Crippen molar-refractivity contribution in [1.82, 2.24) is 15.5 Å². The topological polar surface area (TPSA) is 89.0 Å². The molecule has 8 heteroatoms. The van der Waals surface area contributed by atoms with Crippen molar-refractivity contribution < 1.29 is 13.2 Å². The van der Waals surface area contributed by atoms with Crippen LogP contribution in [0.3, 0.4) is 0 Å². The Morgan fingerprint density at radius 1 is 1.07 bits per heavy atom. The molecular weight excluding hydrogens is 406 g/mol. The average molecular weight is 428 g/mol. The molecule has 3 aromatic rings. The van der Waals surface area contributed by atoms with Crippen molar-refractivity contribution in [3.8, 4) is 11.3 Å². The number of hydrogen-bond acceptors (Lipinski definition) is 6. The van der Waals surface area contributed by atoms with E-state index in [-0.39, 0.29) is 23.5 Å². The summed E-state index contributed by atoms with van der Waals surface area (Å²) in [6.45, 7) is 1.80. The Kier molecular flexibility index (Phi) is 5.56. The van der Waals surface area contributed by atoms with Crippen molar-refractivity contribution in [2.24, 2.45) is 0 Å². The predicted molar refractivity (Wildman–Crippen MR) is 115 cm³/mol. The van der Waals surface area contributed by atoms with Gasteiger partial charge in [-0.2, -0.15) is 0 Å². The lowest BCUT2D eigenvalue weighted by Crippen LogP contribution is -2.39. The van der Waals surface area contributed by atoms with E-state index in [4.69, 9.17) is 0 Å². The Morgan fingerprint density at radius 3 is 2.45 bits per heavy atom. The molecule has 0 saturated carbocycles. The molecule has 0 aliphatic carbocycles. The van der Waals surface area contributed by atoms with Crippen molar-refractivity contribution in [3.05, 3.63) is 54.6 Å². The number of benzene rings is 2. The van der Waals surface area contributed by atoms with Crippen LogP contribution in [0.15, 0.2) is 59.6 Å². The first kappa shape index (κ1) is 19.8. The molecule has 29 heavy (non-hydrogen) atoms. The summed E-state index contributed by atoms with van der Waals surface area (Å²) in [5, 5.41) is 13.9. The van der Waals surface area contributed by atoms with Gasteiger partial charge in [-0.05, 0) is 13.3 Å². The maximum absolute atomic E-state index is 12.6. The number of nitrogens with one attached hydrogen (secondary N) is 1. The summed E-state index contributed by atoms with van der Waals surface area (Å²) >= 11 is 1.33. The number of carbonyl (C=O) groups is 1. The summed E-state index contributed by atoms with van der Waals surface area (Å²) in [5.74, 6) is -0.0311. The van der Waals surface area contributed by atoms with E-state index in [1.807, 2.05) is 54.6 Å². The molecule has 1 amide bonds. The molecule has 150 valence electrons. The van der Waals surface area contributed by atoms with Gasteiger partial charge in [0.15, 0.2) is 9.84 Å². The first-order chi connectivity index (χ1) is 13.9. The van der Waals surface area contributed by atoms with Gasteiger partial charge in [-0.15, -0.1) is 10.2 Å². The molecule has 0 spiro atoms. The van der Waals surface area contributed by atoms with Crippen molar-refractivity contribution in [2.45, 2.75) is 29.7 Å². The van der Waals surface area contributed by atoms with Crippen LogP contribution < -0.4 is 5.32 Å². The zero-order valence-electron chi connectivity index (χ0n) is 15.9. The van der Waals surface area contributed by atoms with E-state index < -0.39 is 15.1 Å². The summed E-state index contributed by atoms with van der Waals surface area (Å²) in [6.07, 6.45) is 0.472. The van der Waals surface area contributed by atoms with Crippen LogP contribution in [0.5, 0.6) is 0 Å². The molecule has 1 saturated heterocycles. The summed E-state index contributed by atoms with van der Waals surface area (Å²) in [5.41, 5.74) is 1.79. The standard InChI is InChI=1S/C21H21N3O3S2/c1-14(20(25)22-16-11-12-29(26,27)13-16)28-21-18-10-6-5-9-17(18)19(23-24-21)15-7-3-2-4-8-15/h2-10,14,16H,11-13H2,1H3,(H,22,25)/t14-,16+/m0/s1. The molecule has 4 rings (SSSR count). The van der Waals surface area contributed by atoms with Crippen LogP contribution in [0.4, 0.5) is 0 Å². The number of amides is 1. The summed E-state index contributed by atoms with van der Waals surface area (Å²) in [7, 11) is -3.03. The quantitative estimate of drug-likeness (QED) is 0.630. The molecule has 6 nitrogen and oxygen atoms in total. The zero-order chi connectivity index (χ0) is 20.4. The highest BCUT2D eigenvalue weighted by atomic mass is 32.2.